The normalized spacial score (nSPS) is 23.5. The van der Waals surface area contributed by atoms with Gasteiger partial charge in [0.05, 0.1) is 5.41 Å². The van der Waals surface area contributed by atoms with E-state index in [0.29, 0.717) is 12.5 Å². The second-order valence-electron chi connectivity index (χ2n) is 6.63. The third-order valence-electron chi connectivity index (χ3n) is 4.93. The van der Waals surface area contributed by atoms with E-state index in [4.69, 9.17) is 5.73 Å². The minimum atomic E-state index is -0.230. The summed E-state index contributed by atoms with van der Waals surface area (Å²) < 4.78 is 0. The van der Waals surface area contributed by atoms with Gasteiger partial charge in [0.25, 0.3) is 0 Å². The molecule has 2 aliphatic rings. The molecule has 0 atom stereocenters. The molecule has 116 valence electrons. The van der Waals surface area contributed by atoms with Crippen LogP contribution in [-0.4, -0.2) is 80.5 Å². The van der Waals surface area contributed by atoms with Gasteiger partial charge < -0.3 is 15.5 Å². The molecule has 0 unspecified atom stereocenters. The van der Waals surface area contributed by atoms with E-state index in [1.54, 1.807) is 0 Å². The van der Waals surface area contributed by atoms with Crippen LogP contribution in [0.4, 0.5) is 0 Å². The molecule has 2 fully saturated rings. The predicted molar refractivity (Wildman–Crippen MR) is 81.5 cm³/mol. The van der Waals surface area contributed by atoms with Gasteiger partial charge >= 0.3 is 0 Å². The monoisotopic (exact) mass is 282 g/mol. The van der Waals surface area contributed by atoms with Crippen molar-refractivity contribution >= 4 is 5.91 Å². The molecular formula is C15H30N4O. The molecule has 20 heavy (non-hydrogen) atoms. The lowest BCUT2D eigenvalue weighted by Gasteiger charge is -2.39. The summed E-state index contributed by atoms with van der Waals surface area (Å²) in [6.07, 6.45) is 4.30. The number of rotatable bonds is 5. The number of hydrogen-bond acceptors (Lipinski definition) is 4. The molecule has 1 saturated carbocycles. The zero-order chi connectivity index (χ0) is 14.6. The van der Waals surface area contributed by atoms with Crippen molar-refractivity contribution in [2.24, 2.45) is 11.1 Å². The fourth-order valence-electron chi connectivity index (χ4n) is 3.41. The molecule has 0 spiro atoms. The summed E-state index contributed by atoms with van der Waals surface area (Å²) in [4.78, 5) is 19.5. The van der Waals surface area contributed by atoms with E-state index in [1.165, 1.54) is 0 Å². The molecule has 1 aliphatic heterocycles. The average molecular weight is 282 g/mol. The smallest absolute Gasteiger partial charge is 0.230 e. The number of amides is 1. The van der Waals surface area contributed by atoms with Gasteiger partial charge in [0, 0.05) is 45.8 Å². The van der Waals surface area contributed by atoms with E-state index < -0.39 is 0 Å². The number of nitrogens with zero attached hydrogens (tertiary/aromatic N) is 3. The molecule has 0 bridgehead atoms. The van der Waals surface area contributed by atoms with Crippen LogP contribution in [-0.2, 0) is 4.79 Å². The molecule has 0 radical (unpaired) electrons. The highest BCUT2D eigenvalue weighted by Crippen LogP contribution is 2.38. The molecule has 1 amide bonds. The van der Waals surface area contributed by atoms with E-state index in [9.17, 15) is 4.79 Å². The van der Waals surface area contributed by atoms with E-state index in [2.05, 4.69) is 28.8 Å². The molecule has 2 N–H and O–H groups in total. The first-order valence-corrected chi connectivity index (χ1v) is 7.94. The molecule has 0 aromatic rings. The highest BCUT2D eigenvalue weighted by Gasteiger charge is 2.42. The Labute approximate surface area is 123 Å². The zero-order valence-corrected chi connectivity index (χ0v) is 13.1. The van der Waals surface area contributed by atoms with Crippen molar-refractivity contribution in [1.29, 1.82) is 0 Å². The number of piperazine rings is 1. The Hall–Kier alpha value is -0.650. The fraction of sp³-hybridized carbons (Fsp3) is 0.933. The maximum absolute atomic E-state index is 12.7. The van der Waals surface area contributed by atoms with E-state index in [-0.39, 0.29) is 5.41 Å². The van der Waals surface area contributed by atoms with Crippen molar-refractivity contribution < 1.29 is 4.79 Å². The number of carbonyl (C=O) groups is 1. The van der Waals surface area contributed by atoms with Crippen LogP contribution < -0.4 is 5.73 Å². The third kappa shape index (κ3) is 3.51. The molecule has 1 saturated heterocycles. The lowest BCUT2D eigenvalue weighted by Crippen LogP contribution is -2.54. The minimum absolute atomic E-state index is 0.230. The van der Waals surface area contributed by atoms with Crippen LogP contribution in [0, 0.1) is 5.41 Å². The van der Waals surface area contributed by atoms with Gasteiger partial charge in [-0.3, -0.25) is 9.69 Å². The van der Waals surface area contributed by atoms with Crippen molar-refractivity contribution in [3.63, 3.8) is 0 Å². The Kier molecular flexibility index (Phi) is 5.41. The molecule has 1 aliphatic carbocycles. The number of nitrogens with two attached hydrogens (primary N) is 1. The Bertz CT molecular complexity index is 318. The van der Waals surface area contributed by atoms with Crippen molar-refractivity contribution in [2.75, 3.05) is 59.9 Å². The van der Waals surface area contributed by atoms with Crippen LogP contribution in [0.2, 0.25) is 0 Å². The molecule has 0 aromatic carbocycles. The first-order valence-electron chi connectivity index (χ1n) is 7.94. The number of likely N-dealkylation sites (N-methyl/N-ethyl adjacent to an activating group) is 1. The lowest BCUT2D eigenvalue weighted by molar-refractivity contribution is -0.143. The fourth-order valence-corrected chi connectivity index (χ4v) is 3.41. The van der Waals surface area contributed by atoms with Crippen LogP contribution >= 0.6 is 0 Å². The molecular weight excluding hydrogens is 252 g/mol. The van der Waals surface area contributed by atoms with Crippen LogP contribution in [0.15, 0.2) is 0 Å². The SMILES string of the molecule is CN(C)CCN1CCN(C(=O)C2(CN)CCCC2)CC1. The first kappa shape index (κ1) is 15.7. The van der Waals surface area contributed by atoms with Crippen molar-refractivity contribution in [3.05, 3.63) is 0 Å². The molecule has 1 heterocycles. The van der Waals surface area contributed by atoms with Gasteiger partial charge in [0.1, 0.15) is 0 Å². The topological polar surface area (TPSA) is 52.8 Å². The highest BCUT2D eigenvalue weighted by atomic mass is 16.2. The van der Waals surface area contributed by atoms with Crippen molar-refractivity contribution in [2.45, 2.75) is 25.7 Å². The summed E-state index contributed by atoms with van der Waals surface area (Å²) >= 11 is 0. The summed E-state index contributed by atoms with van der Waals surface area (Å²) in [5, 5.41) is 0. The van der Waals surface area contributed by atoms with Crippen molar-refractivity contribution in [3.8, 4) is 0 Å². The molecule has 5 nitrogen and oxygen atoms in total. The molecule has 5 heteroatoms. The highest BCUT2D eigenvalue weighted by molar-refractivity contribution is 5.83. The molecule has 2 rings (SSSR count). The van der Waals surface area contributed by atoms with Gasteiger partial charge in [-0.15, -0.1) is 0 Å². The van der Waals surface area contributed by atoms with Crippen LogP contribution in [0.1, 0.15) is 25.7 Å². The van der Waals surface area contributed by atoms with Gasteiger partial charge in [0.2, 0.25) is 5.91 Å². The third-order valence-corrected chi connectivity index (χ3v) is 4.93. The van der Waals surface area contributed by atoms with E-state index >= 15 is 0 Å². The largest absolute Gasteiger partial charge is 0.340 e. The quantitative estimate of drug-likeness (QED) is 0.783. The maximum atomic E-state index is 12.7. The summed E-state index contributed by atoms with van der Waals surface area (Å²) in [5.74, 6) is 0.324. The first-order chi connectivity index (χ1) is 9.57. The summed E-state index contributed by atoms with van der Waals surface area (Å²) in [7, 11) is 4.20. The van der Waals surface area contributed by atoms with Gasteiger partial charge in [0.15, 0.2) is 0 Å². The van der Waals surface area contributed by atoms with Gasteiger partial charge in [-0.25, -0.2) is 0 Å². The zero-order valence-electron chi connectivity index (χ0n) is 13.1. The lowest BCUT2D eigenvalue weighted by atomic mass is 9.84. The van der Waals surface area contributed by atoms with Crippen LogP contribution in [0.5, 0.6) is 0 Å². The summed E-state index contributed by atoms with van der Waals surface area (Å²) in [5.41, 5.74) is 5.69. The molecule has 0 aromatic heterocycles. The second kappa shape index (κ2) is 6.87. The Morgan fingerprint density at radius 1 is 1.15 bits per heavy atom. The number of carbonyl (C=O) groups excluding carboxylic acids is 1. The van der Waals surface area contributed by atoms with E-state index in [1.807, 2.05) is 0 Å². The van der Waals surface area contributed by atoms with Crippen LogP contribution in [0.3, 0.4) is 0 Å². The van der Waals surface area contributed by atoms with Crippen molar-refractivity contribution in [1.82, 2.24) is 14.7 Å². The standard InChI is InChI=1S/C15H30N4O/c1-17(2)7-8-18-9-11-19(12-10-18)14(20)15(13-16)5-3-4-6-15/h3-13,16H2,1-2H3. The Morgan fingerprint density at radius 3 is 2.25 bits per heavy atom. The van der Waals surface area contributed by atoms with E-state index in [0.717, 1.165) is 65.0 Å². The van der Waals surface area contributed by atoms with Gasteiger partial charge in [-0.05, 0) is 26.9 Å². The Morgan fingerprint density at radius 2 is 1.75 bits per heavy atom. The second-order valence-corrected chi connectivity index (χ2v) is 6.63. The predicted octanol–water partition coefficient (Wildman–Crippen LogP) is 0.211. The summed E-state index contributed by atoms with van der Waals surface area (Å²) in [6.45, 7) is 6.44. The van der Waals surface area contributed by atoms with Gasteiger partial charge in [-0.2, -0.15) is 0 Å². The summed E-state index contributed by atoms with van der Waals surface area (Å²) in [6, 6.07) is 0. The Balaban J connectivity index is 1.82. The average Bonchev–Trinajstić information content (AvgIpc) is 2.95. The minimum Gasteiger partial charge on any atom is -0.340 e. The van der Waals surface area contributed by atoms with Gasteiger partial charge in [-0.1, -0.05) is 12.8 Å². The maximum Gasteiger partial charge on any atom is 0.230 e. The van der Waals surface area contributed by atoms with Crippen LogP contribution in [0.25, 0.3) is 0 Å². The number of hydrogen-bond donors (Lipinski definition) is 1.